The molecule has 1 aliphatic carbocycles. The molecular formula is C32H47F2N3O3. The molecule has 1 aromatic carbocycles. The Labute approximate surface area is 238 Å². The largest absolute Gasteiger partial charge is 0.381 e. The molecule has 0 N–H and O–H groups in total. The van der Waals surface area contributed by atoms with Gasteiger partial charge in [-0.2, -0.15) is 0 Å². The number of rotatable bonds is 5. The van der Waals surface area contributed by atoms with Gasteiger partial charge in [-0.1, -0.05) is 19.9 Å². The fourth-order valence-electron chi connectivity index (χ4n) is 7.59. The summed E-state index contributed by atoms with van der Waals surface area (Å²) in [6.07, 6.45) is 6.31. The van der Waals surface area contributed by atoms with Crippen molar-refractivity contribution in [1.82, 2.24) is 14.7 Å². The third-order valence-electron chi connectivity index (χ3n) is 9.96. The molecule has 0 radical (unpaired) electrons. The lowest BCUT2D eigenvalue weighted by Gasteiger charge is -2.43. The van der Waals surface area contributed by atoms with Crippen LogP contribution in [0.4, 0.5) is 8.78 Å². The summed E-state index contributed by atoms with van der Waals surface area (Å²) < 4.78 is 34.5. The molecule has 222 valence electrons. The minimum absolute atomic E-state index is 0.00982. The van der Waals surface area contributed by atoms with E-state index in [1.165, 1.54) is 12.1 Å². The SMILES string of the molecule is CC1(C)CCC(N(C(=O)C2CCOC2)[C@H]2CCN(C(=O)[C@H]3CCN(C(C)(C)C)C3c3ccc(F)cc3F)C2)CC1. The van der Waals surface area contributed by atoms with Gasteiger partial charge in [-0.25, -0.2) is 8.78 Å². The number of likely N-dealkylation sites (tertiary alicyclic amines) is 2. The van der Waals surface area contributed by atoms with Crippen molar-refractivity contribution < 1.29 is 23.1 Å². The predicted molar refractivity (Wildman–Crippen MR) is 150 cm³/mol. The first-order chi connectivity index (χ1) is 18.9. The molecule has 4 aliphatic rings. The van der Waals surface area contributed by atoms with Crippen molar-refractivity contribution in [2.75, 3.05) is 32.8 Å². The number of amides is 2. The molecule has 8 heteroatoms. The van der Waals surface area contributed by atoms with Crippen LogP contribution in [-0.4, -0.2) is 77.0 Å². The summed E-state index contributed by atoms with van der Waals surface area (Å²) in [5.74, 6) is -1.53. The first kappa shape index (κ1) is 29.4. The van der Waals surface area contributed by atoms with Crippen LogP contribution >= 0.6 is 0 Å². The smallest absolute Gasteiger partial charge is 0.228 e. The number of hydrogen-bond acceptors (Lipinski definition) is 4. The van der Waals surface area contributed by atoms with Gasteiger partial charge < -0.3 is 14.5 Å². The maximum absolute atomic E-state index is 15.1. The fraction of sp³-hybridized carbons (Fsp3) is 0.750. The van der Waals surface area contributed by atoms with Gasteiger partial charge in [0.2, 0.25) is 11.8 Å². The van der Waals surface area contributed by atoms with Gasteiger partial charge in [0.05, 0.1) is 24.5 Å². The van der Waals surface area contributed by atoms with Gasteiger partial charge in [0.25, 0.3) is 0 Å². The van der Waals surface area contributed by atoms with Crippen molar-refractivity contribution in [3.8, 4) is 0 Å². The number of ether oxygens (including phenoxy) is 1. The first-order valence-corrected chi connectivity index (χ1v) is 15.3. The lowest BCUT2D eigenvalue weighted by molar-refractivity contribution is -0.143. The number of halogens is 2. The second-order valence-corrected chi connectivity index (χ2v) is 14.3. The Balaban J connectivity index is 1.36. The zero-order valence-corrected chi connectivity index (χ0v) is 24.9. The van der Waals surface area contributed by atoms with Crippen LogP contribution in [0.15, 0.2) is 18.2 Å². The highest BCUT2D eigenvalue weighted by Gasteiger charge is 2.48. The van der Waals surface area contributed by atoms with Crippen LogP contribution in [0.1, 0.15) is 91.2 Å². The third kappa shape index (κ3) is 5.94. The summed E-state index contributed by atoms with van der Waals surface area (Å²) in [5, 5.41) is 0. The minimum Gasteiger partial charge on any atom is -0.381 e. The molecule has 4 atom stereocenters. The van der Waals surface area contributed by atoms with E-state index in [9.17, 15) is 14.0 Å². The van der Waals surface area contributed by atoms with Gasteiger partial charge in [-0.3, -0.25) is 14.5 Å². The monoisotopic (exact) mass is 559 g/mol. The van der Waals surface area contributed by atoms with Crippen molar-refractivity contribution >= 4 is 11.8 Å². The molecular weight excluding hydrogens is 512 g/mol. The molecule has 1 aromatic rings. The summed E-state index contributed by atoms with van der Waals surface area (Å²) in [6, 6.07) is 3.44. The minimum atomic E-state index is -0.615. The topological polar surface area (TPSA) is 53.1 Å². The van der Waals surface area contributed by atoms with E-state index in [0.29, 0.717) is 50.2 Å². The predicted octanol–water partition coefficient (Wildman–Crippen LogP) is 5.56. The molecule has 0 spiro atoms. The summed E-state index contributed by atoms with van der Waals surface area (Å²) >= 11 is 0. The van der Waals surface area contributed by atoms with Gasteiger partial charge in [0.15, 0.2) is 0 Å². The summed E-state index contributed by atoms with van der Waals surface area (Å²) in [4.78, 5) is 34.2. The lowest BCUT2D eigenvalue weighted by atomic mass is 9.75. The first-order valence-electron chi connectivity index (χ1n) is 15.3. The molecule has 6 nitrogen and oxygen atoms in total. The van der Waals surface area contributed by atoms with Crippen LogP contribution < -0.4 is 0 Å². The standard InChI is InChI=1S/C32H47F2N3O3/c1-31(2,3)36-16-11-26(28(36)25-7-6-22(33)18-27(25)34)30(39)35-15-10-24(19-35)37(29(38)21-12-17-40-20-21)23-8-13-32(4,5)14-9-23/h6-7,18,21,23-24,26,28H,8-17,19-20H2,1-5H3/t21?,24-,26-,28?/m0/s1. The van der Waals surface area contributed by atoms with Gasteiger partial charge in [0, 0.05) is 55.5 Å². The molecule has 3 heterocycles. The molecule has 1 saturated carbocycles. The Kier molecular flexibility index (Phi) is 8.33. The summed E-state index contributed by atoms with van der Waals surface area (Å²) in [6.45, 7) is 13.7. The summed E-state index contributed by atoms with van der Waals surface area (Å²) in [7, 11) is 0. The van der Waals surface area contributed by atoms with Crippen LogP contribution in [-0.2, 0) is 14.3 Å². The Morgan fingerprint density at radius 2 is 1.73 bits per heavy atom. The van der Waals surface area contributed by atoms with E-state index >= 15 is 4.39 Å². The average molecular weight is 560 g/mol. The normalized spacial score (nSPS) is 29.7. The van der Waals surface area contributed by atoms with Gasteiger partial charge in [-0.15, -0.1) is 0 Å². The van der Waals surface area contributed by atoms with Crippen LogP contribution in [0.2, 0.25) is 0 Å². The highest BCUT2D eigenvalue weighted by molar-refractivity contribution is 5.82. The van der Waals surface area contributed by atoms with E-state index in [1.807, 2.05) is 4.90 Å². The zero-order valence-electron chi connectivity index (χ0n) is 24.9. The Morgan fingerprint density at radius 1 is 1.00 bits per heavy atom. The van der Waals surface area contributed by atoms with E-state index in [2.05, 4.69) is 44.4 Å². The molecule has 0 bridgehead atoms. The quantitative estimate of drug-likeness (QED) is 0.474. The van der Waals surface area contributed by atoms with Crippen molar-refractivity contribution in [3.05, 3.63) is 35.4 Å². The van der Waals surface area contributed by atoms with E-state index < -0.39 is 23.6 Å². The zero-order chi connectivity index (χ0) is 28.8. The maximum Gasteiger partial charge on any atom is 0.228 e. The van der Waals surface area contributed by atoms with E-state index in [-0.39, 0.29) is 35.4 Å². The van der Waals surface area contributed by atoms with Crippen molar-refractivity contribution in [1.29, 1.82) is 0 Å². The highest BCUT2D eigenvalue weighted by Crippen LogP contribution is 2.44. The summed E-state index contributed by atoms with van der Waals surface area (Å²) in [5.41, 5.74) is 0.395. The molecule has 3 saturated heterocycles. The second-order valence-electron chi connectivity index (χ2n) is 14.3. The highest BCUT2D eigenvalue weighted by atomic mass is 19.1. The third-order valence-corrected chi connectivity index (χ3v) is 9.96. The van der Waals surface area contributed by atoms with Gasteiger partial charge in [0.1, 0.15) is 11.6 Å². The van der Waals surface area contributed by atoms with Gasteiger partial charge in [-0.05, 0) is 77.2 Å². The Hall–Kier alpha value is -2.06. The fourth-order valence-corrected chi connectivity index (χ4v) is 7.59. The van der Waals surface area contributed by atoms with Crippen molar-refractivity contribution in [2.24, 2.45) is 17.3 Å². The van der Waals surface area contributed by atoms with Crippen LogP contribution in [0.3, 0.4) is 0 Å². The van der Waals surface area contributed by atoms with Crippen LogP contribution in [0.25, 0.3) is 0 Å². The number of nitrogens with zero attached hydrogens (tertiary/aromatic N) is 3. The molecule has 2 unspecified atom stereocenters. The molecule has 3 aliphatic heterocycles. The number of carbonyl (C=O) groups excluding carboxylic acids is 2. The Bertz CT molecular complexity index is 1090. The van der Waals surface area contributed by atoms with E-state index in [1.54, 1.807) is 0 Å². The van der Waals surface area contributed by atoms with Crippen molar-refractivity contribution in [2.45, 2.75) is 103 Å². The van der Waals surface area contributed by atoms with Crippen LogP contribution in [0.5, 0.6) is 0 Å². The Morgan fingerprint density at radius 3 is 2.35 bits per heavy atom. The van der Waals surface area contributed by atoms with Gasteiger partial charge >= 0.3 is 0 Å². The van der Waals surface area contributed by atoms with E-state index in [0.717, 1.165) is 44.6 Å². The molecule has 2 amide bonds. The van der Waals surface area contributed by atoms with E-state index in [4.69, 9.17) is 4.74 Å². The van der Waals surface area contributed by atoms with Crippen LogP contribution in [0, 0.1) is 28.9 Å². The van der Waals surface area contributed by atoms with Crippen molar-refractivity contribution in [3.63, 3.8) is 0 Å². The average Bonchev–Trinajstić information content (AvgIpc) is 3.65. The lowest BCUT2D eigenvalue weighted by Crippen LogP contribution is -2.52. The molecule has 4 fully saturated rings. The maximum atomic E-state index is 15.1. The number of benzene rings is 1. The molecule has 40 heavy (non-hydrogen) atoms. The number of hydrogen-bond donors (Lipinski definition) is 0. The molecule has 0 aromatic heterocycles. The number of carbonyl (C=O) groups is 2. The second kappa shape index (κ2) is 11.3. The molecule has 5 rings (SSSR count).